The number of rotatable bonds is 15. The Balaban J connectivity index is 1.65. The summed E-state index contributed by atoms with van der Waals surface area (Å²) in [5, 5.41) is 0. The van der Waals surface area contributed by atoms with Crippen LogP contribution in [0.3, 0.4) is 0 Å². The molecule has 1 rings (SSSR count). The molecule has 0 amide bonds. The molecule has 0 saturated heterocycles. The van der Waals surface area contributed by atoms with Gasteiger partial charge in [0.2, 0.25) is 0 Å². The van der Waals surface area contributed by atoms with E-state index in [1.807, 2.05) is 0 Å². The summed E-state index contributed by atoms with van der Waals surface area (Å²) in [6.45, 7) is 3.31. The molecule has 1 fully saturated rings. The fraction of sp³-hybridized carbons (Fsp3) is 1.00. The van der Waals surface area contributed by atoms with Crippen LogP contribution in [0.25, 0.3) is 0 Å². The first kappa shape index (κ1) is 19.0. The standard InChI is InChI=1S/C20H40O/c1-2-3-4-5-6-7-8-9-10-11-12-13-16-19-21-20-17-14-15-18-20/h20H,2-19H2,1H3. The Hall–Kier alpha value is -0.0400. The van der Waals surface area contributed by atoms with E-state index in [0.717, 1.165) is 6.61 Å². The Kier molecular flexibility index (Phi) is 13.5. The van der Waals surface area contributed by atoms with Crippen LogP contribution in [0, 0.1) is 0 Å². The van der Waals surface area contributed by atoms with E-state index in [9.17, 15) is 0 Å². The van der Waals surface area contributed by atoms with Gasteiger partial charge in [0.25, 0.3) is 0 Å². The topological polar surface area (TPSA) is 9.23 Å². The lowest BCUT2D eigenvalue weighted by molar-refractivity contribution is 0.0556. The van der Waals surface area contributed by atoms with Gasteiger partial charge in [0.15, 0.2) is 0 Å². The normalized spacial score (nSPS) is 15.9. The Morgan fingerprint density at radius 3 is 1.52 bits per heavy atom. The summed E-state index contributed by atoms with van der Waals surface area (Å²) in [6, 6.07) is 0. The molecule has 0 heterocycles. The van der Waals surface area contributed by atoms with Crippen molar-refractivity contribution in [3.05, 3.63) is 0 Å². The minimum absolute atomic E-state index is 0.613. The van der Waals surface area contributed by atoms with Crippen LogP contribution >= 0.6 is 0 Å². The smallest absolute Gasteiger partial charge is 0.0575 e. The molecule has 126 valence electrons. The first-order chi connectivity index (χ1) is 10.4. The maximum atomic E-state index is 5.90. The Morgan fingerprint density at radius 1 is 0.619 bits per heavy atom. The minimum atomic E-state index is 0.613. The quantitative estimate of drug-likeness (QED) is 0.294. The van der Waals surface area contributed by atoms with Gasteiger partial charge in [-0.15, -0.1) is 0 Å². The summed E-state index contributed by atoms with van der Waals surface area (Å²) < 4.78 is 5.90. The van der Waals surface area contributed by atoms with E-state index in [-0.39, 0.29) is 0 Å². The van der Waals surface area contributed by atoms with Crippen molar-refractivity contribution < 1.29 is 4.74 Å². The van der Waals surface area contributed by atoms with Gasteiger partial charge in [-0.05, 0) is 19.3 Å². The molecule has 0 unspecified atom stereocenters. The van der Waals surface area contributed by atoms with E-state index in [1.165, 1.54) is 109 Å². The van der Waals surface area contributed by atoms with Crippen LogP contribution in [0.5, 0.6) is 0 Å². The molecule has 0 N–H and O–H groups in total. The molecule has 0 aromatic heterocycles. The van der Waals surface area contributed by atoms with E-state index in [1.54, 1.807) is 0 Å². The highest BCUT2D eigenvalue weighted by molar-refractivity contribution is 4.66. The molecule has 1 nitrogen and oxygen atoms in total. The second kappa shape index (κ2) is 14.9. The first-order valence-electron chi connectivity index (χ1n) is 10.0. The van der Waals surface area contributed by atoms with Crippen molar-refractivity contribution in [1.82, 2.24) is 0 Å². The fourth-order valence-corrected chi connectivity index (χ4v) is 3.42. The molecular weight excluding hydrogens is 256 g/mol. The van der Waals surface area contributed by atoms with Crippen LogP contribution in [0.4, 0.5) is 0 Å². The maximum absolute atomic E-state index is 5.90. The molecule has 0 bridgehead atoms. The number of hydrogen-bond acceptors (Lipinski definition) is 1. The first-order valence-corrected chi connectivity index (χ1v) is 10.0. The Labute approximate surface area is 134 Å². The van der Waals surface area contributed by atoms with E-state index >= 15 is 0 Å². The van der Waals surface area contributed by atoms with Crippen LogP contribution in [0.1, 0.15) is 116 Å². The van der Waals surface area contributed by atoms with E-state index in [0.29, 0.717) is 6.10 Å². The number of ether oxygens (including phenoxy) is 1. The van der Waals surface area contributed by atoms with Crippen LogP contribution in [0.2, 0.25) is 0 Å². The monoisotopic (exact) mass is 296 g/mol. The maximum Gasteiger partial charge on any atom is 0.0575 e. The molecule has 0 aliphatic heterocycles. The molecule has 1 aliphatic carbocycles. The second-order valence-electron chi connectivity index (χ2n) is 7.02. The van der Waals surface area contributed by atoms with Crippen molar-refractivity contribution in [2.75, 3.05) is 6.61 Å². The highest BCUT2D eigenvalue weighted by Gasteiger charge is 2.14. The van der Waals surface area contributed by atoms with Gasteiger partial charge in [0.05, 0.1) is 6.10 Å². The number of unbranched alkanes of at least 4 members (excludes halogenated alkanes) is 12. The van der Waals surface area contributed by atoms with Gasteiger partial charge in [0.1, 0.15) is 0 Å². The largest absolute Gasteiger partial charge is 0.378 e. The SMILES string of the molecule is CCCCCCCCCCCCCCCOC1CCCC1. The van der Waals surface area contributed by atoms with Crippen molar-refractivity contribution >= 4 is 0 Å². The predicted molar refractivity (Wildman–Crippen MR) is 93.9 cm³/mol. The van der Waals surface area contributed by atoms with Gasteiger partial charge in [-0.3, -0.25) is 0 Å². The highest BCUT2D eigenvalue weighted by Crippen LogP contribution is 2.21. The van der Waals surface area contributed by atoms with Crippen molar-refractivity contribution in [3.8, 4) is 0 Å². The average molecular weight is 297 g/mol. The summed E-state index contributed by atoms with van der Waals surface area (Å²) in [6.07, 6.45) is 24.6. The van der Waals surface area contributed by atoms with Crippen LogP contribution in [0.15, 0.2) is 0 Å². The zero-order chi connectivity index (χ0) is 15.0. The molecule has 1 aliphatic rings. The molecule has 0 spiro atoms. The Bertz CT molecular complexity index is 196. The second-order valence-corrected chi connectivity index (χ2v) is 7.02. The molecule has 1 saturated carbocycles. The molecule has 0 radical (unpaired) electrons. The summed E-state index contributed by atoms with van der Waals surface area (Å²) in [5.74, 6) is 0. The molecular formula is C20H40O. The Morgan fingerprint density at radius 2 is 1.05 bits per heavy atom. The van der Waals surface area contributed by atoms with Gasteiger partial charge in [-0.2, -0.15) is 0 Å². The van der Waals surface area contributed by atoms with Gasteiger partial charge in [-0.1, -0.05) is 96.8 Å². The highest BCUT2D eigenvalue weighted by atomic mass is 16.5. The van der Waals surface area contributed by atoms with E-state index in [2.05, 4.69) is 6.92 Å². The lowest BCUT2D eigenvalue weighted by atomic mass is 10.0. The summed E-state index contributed by atoms with van der Waals surface area (Å²) >= 11 is 0. The third-order valence-corrected chi connectivity index (χ3v) is 4.90. The van der Waals surface area contributed by atoms with Gasteiger partial charge < -0.3 is 4.74 Å². The molecule has 0 atom stereocenters. The van der Waals surface area contributed by atoms with Crippen molar-refractivity contribution in [2.45, 2.75) is 122 Å². The molecule has 0 aromatic rings. The van der Waals surface area contributed by atoms with Crippen molar-refractivity contribution in [2.24, 2.45) is 0 Å². The van der Waals surface area contributed by atoms with Gasteiger partial charge in [-0.25, -0.2) is 0 Å². The van der Waals surface area contributed by atoms with E-state index in [4.69, 9.17) is 4.74 Å². The zero-order valence-electron chi connectivity index (χ0n) is 14.7. The van der Waals surface area contributed by atoms with Crippen LogP contribution in [-0.4, -0.2) is 12.7 Å². The summed E-state index contributed by atoms with van der Waals surface area (Å²) in [7, 11) is 0. The molecule has 0 aromatic carbocycles. The molecule has 1 heteroatoms. The van der Waals surface area contributed by atoms with Crippen molar-refractivity contribution in [1.29, 1.82) is 0 Å². The van der Waals surface area contributed by atoms with E-state index < -0.39 is 0 Å². The van der Waals surface area contributed by atoms with Gasteiger partial charge >= 0.3 is 0 Å². The zero-order valence-corrected chi connectivity index (χ0v) is 14.7. The summed E-state index contributed by atoms with van der Waals surface area (Å²) in [4.78, 5) is 0. The predicted octanol–water partition coefficient (Wildman–Crippen LogP) is 7.04. The average Bonchev–Trinajstić information content (AvgIpc) is 3.01. The van der Waals surface area contributed by atoms with Crippen LogP contribution < -0.4 is 0 Å². The van der Waals surface area contributed by atoms with Crippen molar-refractivity contribution in [3.63, 3.8) is 0 Å². The minimum Gasteiger partial charge on any atom is -0.378 e. The number of hydrogen-bond donors (Lipinski definition) is 0. The third kappa shape index (κ3) is 12.2. The molecule has 21 heavy (non-hydrogen) atoms. The lowest BCUT2D eigenvalue weighted by Crippen LogP contribution is -2.08. The van der Waals surface area contributed by atoms with Gasteiger partial charge in [0, 0.05) is 6.61 Å². The van der Waals surface area contributed by atoms with Crippen LogP contribution in [-0.2, 0) is 4.74 Å². The fourth-order valence-electron chi connectivity index (χ4n) is 3.42. The third-order valence-electron chi connectivity index (χ3n) is 4.90. The summed E-state index contributed by atoms with van der Waals surface area (Å²) in [5.41, 5.74) is 0. The lowest BCUT2D eigenvalue weighted by Gasteiger charge is -2.10.